The third-order valence-corrected chi connectivity index (χ3v) is 3.29. The molecule has 0 heterocycles. The molecule has 1 saturated carbocycles. The van der Waals surface area contributed by atoms with Crippen LogP contribution in [-0.4, -0.2) is 54.1 Å². The number of aliphatic carboxylic acids is 1. The Morgan fingerprint density at radius 1 is 1.35 bits per heavy atom. The molecule has 1 aliphatic carbocycles. The van der Waals surface area contributed by atoms with Gasteiger partial charge < -0.3 is 20.6 Å². The molecule has 3 amide bonds. The molecule has 1 unspecified atom stereocenters. The second-order valence-electron chi connectivity index (χ2n) is 5.09. The van der Waals surface area contributed by atoms with E-state index in [-0.39, 0.29) is 36.9 Å². The summed E-state index contributed by atoms with van der Waals surface area (Å²) in [5, 5.41) is 14.1. The average Bonchev–Trinajstić information content (AvgIpc) is 3.20. The SMILES string of the molecule is CCCN(CC(=O)NC)C(=O)NC(CC(=O)O)C1CC1. The van der Waals surface area contributed by atoms with Gasteiger partial charge in [0.05, 0.1) is 6.42 Å². The van der Waals surface area contributed by atoms with Crippen LogP contribution >= 0.6 is 0 Å². The van der Waals surface area contributed by atoms with E-state index in [4.69, 9.17) is 5.11 Å². The Bertz CT molecular complexity index is 369. The van der Waals surface area contributed by atoms with E-state index in [2.05, 4.69) is 10.6 Å². The number of nitrogens with zero attached hydrogens (tertiary/aromatic N) is 1. The van der Waals surface area contributed by atoms with Crippen LogP contribution in [0.15, 0.2) is 0 Å². The van der Waals surface area contributed by atoms with E-state index < -0.39 is 5.97 Å². The zero-order valence-electron chi connectivity index (χ0n) is 12.0. The van der Waals surface area contributed by atoms with Crippen molar-refractivity contribution in [2.24, 2.45) is 5.92 Å². The molecule has 3 N–H and O–H groups in total. The predicted octanol–water partition coefficient (Wildman–Crippen LogP) is 0.407. The first-order valence-corrected chi connectivity index (χ1v) is 6.95. The van der Waals surface area contributed by atoms with E-state index in [9.17, 15) is 14.4 Å². The fraction of sp³-hybridized carbons (Fsp3) is 0.769. The van der Waals surface area contributed by atoms with Crippen molar-refractivity contribution in [3.05, 3.63) is 0 Å². The molecule has 0 spiro atoms. The lowest BCUT2D eigenvalue weighted by molar-refractivity contribution is -0.137. The van der Waals surface area contributed by atoms with Crippen molar-refractivity contribution in [3.8, 4) is 0 Å². The number of hydrogen-bond donors (Lipinski definition) is 3. The Balaban J connectivity index is 2.58. The summed E-state index contributed by atoms with van der Waals surface area (Å²) in [7, 11) is 1.52. The minimum atomic E-state index is -0.921. The number of amides is 3. The molecule has 0 aromatic rings. The Morgan fingerprint density at radius 2 is 2.00 bits per heavy atom. The highest BCUT2D eigenvalue weighted by molar-refractivity contribution is 5.84. The largest absolute Gasteiger partial charge is 0.481 e. The van der Waals surface area contributed by atoms with E-state index in [1.54, 1.807) is 0 Å². The second kappa shape index (κ2) is 7.72. The van der Waals surface area contributed by atoms with E-state index in [1.807, 2.05) is 6.92 Å². The van der Waals surface area contributed by atoms with Gasteiger partial charge in [-0.15, -0.1) is 0 Å². The van der Waals surface area contributed by atoms with E-state index in [1.165, 1.54) is 11.9 Å². The van der Waals surface area contributed by atoms with Gasteiger partial charge in [-0.05, 0) is 25.2 Å². The number of likely N-dealkylation sites (N-methyl/N-ethyl adjacent to an activating group) is 1. The normalized spacial score (nSPS) is 15.3. The third kappa shape index (κ3) is 5.46. The van der Waals surface area contributed by atoms with Crippen molar-refractivity contribution in [1.82, 2.24) is 15.5 Å². The summed E-state index contributed by atoms with van der Waals surface area (Å²) in [6.45, 7) is 2.37. The minimum Gasteiger partial charge on any atom is -0.481 e. The van der Waals surface area contributed by atoms with Gasteiger partial charge in [0.25, 0.3) is 0 Å². The molecule has 7 nitrogen and oxygen atoms in total. The van der Waals surface area contributed by atoms with Gasteiger partial charge in [-0.25, -0.2) is 4.79 Å². The zero-order valence-corrected chi connectivity index (χ0v) is 12.0. The van der Waals surface area contributed by atoms with Crippen LogP contribution in [0, 0.1) is 5.92 Å². The Labute approximate surface area is 118 Å². The predicted molar refractivity (Wildman–Crippen MR) is 73.2 cm³/mol. The average molecular weight is 285 g/mol. The minimum absolute atomic E-state index is 0.0133. The van der Waals surface area contributed by atoms with Crippen LogP contribution in [0.4, 0.5) is 4.79 Å². The van der Waals surface area contributed by atoms with Crippen molar-refractivity contribution in [2.45, 2.75) is 38.6 Å². The maximum atomic E-state index is 12.2. The zero-order chi connectivity index (χ0) is 15.1. The molecule has 1 aliphatic rings. The molecule has 0 saturated heterocycles. The molecule has 0 radical (unpaired) electrons. The van der Waals surface area contributed by atoms with Gasteiger partial charge in [0, 0.05) is 19.6 Å². The summed E-state index contributed by atoms with van der Waals surface area (Å²) in [5.41, 5.74) is 0. The van der Waals surface area contributed by atoms with Crippen LogP contribution in [0.5, 0.6) is 0 Å². The van der Waals surface area contributed by atoms with Crippen LogP contribution < -0.4 is 10.6 Å². The van der Waals surface area contributed by atoms with Crippen molar-refractivity contribution in [2.75, 3.05) is 20.1 Å². The fourth-order valence-electron chi connectivity index (χ4n) is 2.05. The molecule has 0 aromatic carbocycles. The third-order valence-electron chi connectivity index (χ3n) is 3.29. The Kier molecular flexibility index (Phi) is 6.27. The topological polar surface area (TPSA) is 98.7 Å². The molecule has 0 bridgehead atoms. The fourth-order valence-corrected chi connectivity index (χ4v) is 2.05. The van der Waals surface area contributed by atoms with E-state index in [0.717, 1.165) is 19.3 Å². The Morgan fingerprint density at radius 3 is 2.45 bits per heavy atom. The van der Waals surface area contributed by atoms with Gasteiger partial charge in [0.15, 0.2) is 0 Å². The van der Waals surface area contributed by atoms with Crippen molar-refractivity contribution in [3.63, 3.8) is 0 Å². The lowest BCUT2D eigenvalue weighted by atomic mass is 10.1. The highest BCUT2D eigenvalue weighted by Gasteiger charge is 2.34. The van der Waals surface area contributed by atoms with Crippen molar-refractivity contribution < 1.29 is 19.5 Å². The maximum Gasteiger partial charge on any atom is 0.318 e. The van der Waals surface area contributed by atoms with Gasteiger partial charge in [-0.3, -0.25) is 9.59 Å². The first kappa shape index (κ1) is 16.3. The van der Waals surface area contributed by atoms with Gasteiger partial charge in [0.2, 0.25) is 5.91 Å². The first-order chi connectivity index (χ1) is 9.47. The van der Waals surface area contributed by atoms with E-state index in [0.29, 0.717) is 6.54 Å². The molecule has 0 aromatic heterocycles. The first-order valence-electron chi connectivity index (χ1n) is 6.95. The summed E-state index contributed by atoms with van der Waals surface area (Å²) in [6, 6.07) is -0.711. The summed E-state index contributed by atoms with van der Waals surface area (Å²) < 4.78 is 0. The number of nitrogens with one attached hydrogen (secondary N) is 2. The number of carboxylic acids is 1. The van der Waals surface area contributed by atoms with Gasteiger partial charge in [-0.2, -0.15) is 0 Å². The van der Waals surface area contributed by atoms with E-state index >= 15 is 0 Å². The van der Waals surface area contributed by atoms with Gasteiger partial charge in [-0.1, -0.05) is 6.92 Å². The smallest absolute Gasteiger partial charge is 0.318 e. The molecule has 1 atom stereocenters. The van der Waals surface area contributed by atoms with Crippen LogP contribution in [0.1, 0.15) is 32.6 Å². The van der Waals surface area contributed by atoms with Crippen molar-refractivity contribution in [1.29, 1.82) is 0 Å². The van der Waals surface area contributed by atoms with Crippen LogP contribution in [0.2, 0.25) is 0 Å². The summed E-state index contributed by atoms with van der Waals surface area (Å²) in [4.78, 5) is 35.8. The molecule has 0 aliphatic heterocycles. The number of carbonyl (C=O) groups is 3. The van der Waals surface area contributed by atoms with Crippen LogP contribution in [0.25, 0.3) is 0 Å². The van der Waals surface area contributed by atoms with Crippen LogP contribution in [0.3, 0.4) is 0 Å². The molecular weight excluding hydrogens is 262 g/mol. The molecule has 1 fully saturated rings. The molecule has 1 rings (SSSR count). The van der Waals surface area contributed by atoms with Gasteiger partial charge >= 0.3 is 12.0 Å². The molecule has 20 heavy (non-hydrogen) atoms. The molecular formula is C13H23N3O4. The lowest BCUT2D eigenvalue weighted by Crippen LogP contribution is -2.49. The number of hydrogen-bond acceptors (Lipinski definition) is 3. The summed E-state index contributed by atoms with van der Waals surface area (Å²) in [5.74, 6) is -0.913. The quantitative estimate of drug-likeness (QED) is 0.601. The van der Waals surface area contributed by atoms with Gasteiger partial charge in [0.1, 0.15) is 6.54 Å². The standard InChI is InChI=1S/C13H23N3O4/c1-3-6-16(8-11(17)14-2)13(20)15-10(7-12(18)19)9-4-5-9/h9-10H,3-8H2,1-2H3,(H,14,17)(H,15,20)(H,18,19). The highest BCUT2D eigenvalue weighted by Crippen LogP contribution is 2.34. The van der Waals surface area contributed by atoms with Crippen LogP contribution in [-0.2, 0) is 9.59 Å². The molecule has 114 valence electrons. The maximum absolute atomic E-state index is 12.2. The summed E-state index contributed by atoms with van der Waals surface area (Å²) in [6.07, 6.45) is 2.55. The second-order valence-corrected chi connectivity index (χ2v) is 5.09. The number of carboxylic acid groups (broad SMARTS) is 1. The Hall–Kier alpha value is -1.79. The highest BCUT2D eigenvalue weighted by atomic mass is 16.4. The summed E-state index contributed by atoms with van der Waals surface area (Å²) >= 11 is 0. The number of rotatable bonds is 8. The lowest BCUT2D eigenvalue weighted by Gasteiger charge is -2.25. The number of urea groups is 1. The monoisotopic (exact) mass is 285 g/mol. The number of carbonyl (C=O) groups excluding carboxylic acids is 2. The molecule has 7 heteroatoms. The van der Waals surface area contributed by atoms with Crippen molar-refractivity contribution >= 4 is 17.9 Å².